The molecule has 1 aliphatic heterocycles. The van der Waals surface area contributed by atoms with Gasteiger partial charge in [-0.15, -0.1) is 0 Å². The molecular formula is C10H16BrN3S. The van der Waals surface area contributed by atoms with Gasteiger partial charge in [0, 0.05) is 25.4 Å². The highest BCUT2D eigenvalue weighted by molar-refractivity contribution is 9.10. The maximum Gasteiger partial charge on any atom is 0.0739 e. The van der Waals surface area contributed by atoms with Gasteiger partial charge in [0.2, 0.25) is 0 Å². The molecule has 0 radical (unpaired) electrons. The van der Waals surface area contributed by atoms with Crippen molar-refractivity contribution in [2.45, 2.75) is 25.9 Å². The van der Waals surface area contributed by atoms with Gasteiger partial charge in [-0.25, -0.2) is 0 Å². The molecule has 1 aliphatic rings. The third kappa shape index (κ3) is 2.57. The van der Waals surface area contributed by atoms with Gasteiger partial charge < -0.3 is 5.32 Å². The van der Waals surface area contributed by atoms with Gasteiger partial charge >= 0.3 is 0 Å². The third-order valence-electron chi connectivity index (χ3n) is 2.75. The number of hydrogen-bond acceptors (Lipinski definition) is 3. The molecule has 3 nitrogen and oxygen atoms in total. The first-order chi connectivity index (χ1) is 7.18. The molecule has 1 aromatic heterocycles. The molecule has 1 aromatic rings. The van der Waals surface area contributed by atoms with Gasteiger partial charge in [0.05, 0.1) is 15.9 Å². The number of aromatic nitrogens is 2. The van der Waals surface area contributed by atoms with E-state index in [1.807, 2.05) is 30.4 Å². The summed E-state index contributed by atoms with van der Waals surface area (Å²) in [4.78, 5) is 0. The molecule has 0 aromatic carbocycles. The predicted octanol–water partition coefficient (Wildman–Crippen LogP) is 2.09. The quantitative estimate of drug-likeness (QED) is 0.924. The Labute approximate surface area is 103 Å². The summed E-state index contributed by atoms with van der Waals surface area (Å²) in [5.41, 5.74) is 2.31. The van der Waals surface area contributed by atoms with Crippen molar-refractivity contribution in [3.05, 3.63) is 15.9 Å². The molecule has 1 atom stereocenters. The first-order valence-corrected chi connectivity index (χ1v) is 7.12. The Morgan fingerprint density at radius 1 is 1.67 bits per heavy atom. The molecule has 1 unspecified atom stereocenters. The summed E-state index contributed by atoms with van der Waals surface area (Å²) >= 11 is 5.62. The first kappa shape index (κ1) is 11.5. The summed E-state index contributed by atoms with van der Waals surface area (Å²) in [5.74, 6) is 2.54. The fourth-order valence-corrected chi connectivity index (χ4v) is 3.47. The van der Waals surface area contributed by atoms with Crippen LogP contribution in [0.25, 0.3) is 0 Å². The number of rotatable bonds is 3. The normalized spacial score (nSPS) is 21.1. The van der Waals surface area contributed by atoms with Crippen LogP contribution in [0.1, 0.15) is 17.8 Å². The van der Waals surface area contributed by atoms with Crippen LogP contribution >= 0.6 is 27.7 Å². The minimum Gasteiger partial charge on any atom is -0.307 e. The summed E-state index contributed by atoms with van der Waals surface area (Å²) < 4.78 is 3.09. The lowest BCUT2D eigenvalue weighted by Gasteiger charge is -2.11. The lowest BCUT2D eigenvalue weighted by atomic mass is 10.2. The van der Waals surface area contributed by atoms with Crippen molar-refractivity contribution in [3.8, 4) is 0 Å². The zero-order valence-electron chi connectivity index (χ0n) is 9.09. The third-order valence-corrected chi connectivity index (χ3v) is 4.94. The smallest absolute Gasteiger partial charge is 0.0739 e. The van der Waals surface area contributed by atoms with Crippen LogP contribution in [-0.2, 0) is 13.6 Å². The van der Waals surface area contributed by atoms with E-state index < -0.39 is 0 Å². The topological polar surface area (TPSA) is 29.9 Å². The Balaban J connectivity index is 1.97. The van der Waals surface area contributed by atoms with Crippen LogP contribution in [0, 0.1) is 6.92 Å². The second kappa shape index (κ2) is 4.89. The van der Waals surface area contributed by atoms with Crippen molar-refractivity contribution in [1.82, 2.24) is 15.1 Å². The van der Waals surface area contributed by atoms with E-state index in [2.05, 4.69) is 26.3 Å². The number of nitrogens with one attached hydrogen (secondary N) is 1. The van der Waals surface area contributed by atoms with Crippen molar-refractivity contribution in [3.63, 3.8) is 0 Å². The van der Waals surface area contributed by atoms with E-state index in [1.54, 1.807) is 0 Å². The number of nitrogens with zero attached hydrogens (tertiary/aromatic N) is 2. The summed E-state index contributed by atoms with van der Waals surface area (Å²) in [7, 11) is 2.00. The van der Waals surface area contributed by atoms with E-state index in [4.69, 9.17) is 0 Å². The molecule has 0 bridgehead atoms. The maximum absolute atomic E-state index is 4.38. The lowest BCUT2D eigenvalue weighted by Crippen LogP contribution is -2.29. The molecule has 0 aliphatic carbocycles. The van der Waals surface area contributed by atoms with Crippen LogP contribution in [0.5, 0.6) is 0 Å². The molecule has 84 valence electrons. The molecule has 1 fully saturated rings. The highest BCUT2D eigenvalue weighted by Gasteiger charge is 2.16. The van der Waals surface area contributed by atoms with Gasteiger partial charge in [0.25, 0.3) is 0 Å². The SMILES string of the molecule is Cc1nn(C)c(CNC2CCSC2)c1Br. The highest BCUT2D eigenvalue weighted by atomic mass is 79.9. The van der Waals surface area contributed by atoms with Gasteiger partial charge in [0.1, 0.15) is 0 Å². The van der Waals surface area contributed by atoms with Gasteiger partial charge in [0.15, 0.2) is 0 Å². The largest absolute Gasteiger partial charge is 0.307 e. The fraction of sp³-hybridized carbons (Fsp3) is 0.700. The number of halogens is 1. The number of aryl methyl sites for hydroxylation is 2. The van der Waals surface area contributed by atoms with E-state index in [1.165, 1.54) is 23.6 Å². The number of hydrogen-bond donors (Lipinski definition) is 1. The minimum atomic E-state index is 0.678. The summed E-state index contributed by atoms with van der Waals surface area (Å²) in [6.07, 6.45) is 1.29. The second-order valence-corrected chi connectivity index (χ2v) is 5.85. The van der Waals surface area contributed by atoms with E-state index in [-0.39, 0.29) is 0 Å². The average molecular weight is 290 g/mol. The van der Waals surface area contributed by atoms with Crippen molar-refractivity contribution < 1.29 is 0 Å². The molecule has 2 rings (SSSR count). The summed E-state index contributed by atoms with van der Waals surface area (Å²) in [6.45, 7) is 2.93. The minimum absolute atomic E-state index is 0.678. The average Bonchev–Trinajstić information content (AvgIpc) is 2.76. The van der Waals surface area contributed by atoms with E-state index in [0.717, 1.165) is 16.7 Å². The highest BCUT2D eigenvalue weighted by Crippen LogP contribution is 2.21. The zero-order chi connectivity index (χ0) is 10.8. The molecule has 1 saturated heterocycles. The number of thioether (sulfide) groups is 1. The van der Waals surface area contributed by atoms with Gasteiger partial charge in [-0.2, -0.15) is 16.9 Å². The zero-order valence-corrected chi connectivity index (χ0v) is 11.5. The molecule has 2 heterocycles. The van der Waals surface area contributed by atoms with Crippen molar-refractivity contribution in [2.75, 3.05) is 11.5 Å². The molecule has 0 amide bonds. The second-order valence-electron chi connectivity index (χ2n) is 3.91. The van der Waals surface area contributed by atoms with Crippen LogP contribution in [0.4, 0.5) is 0 Å². The van der Waals surface area contributed by atoms with Crippen LogP contribution in [0.15, 0.2) is 4.47 Å². The van der Waals surface area contributed by atoms with Crippen LogP contribution in [-0.4, -0.2) is 27.3 Å². The van der Waals surface area contributed by atoms with Gasteiger partial charge in [-0.3, -0.25) is 4.68 Å². The van der Waals surface area contributed by atoms with Crippen LogP contribution < -0.4 is 5.32 Å². The maximum atomic E-state index is 4.38. The van der Waals surface area contributed by atoms with E-state index in [9.17, 15) is 0 Å². The standard InChI is InChI=1S/C10H16BrN3S/c1-7-10(11)9(14(2)13-7)5-12-8-3-4-15-6-8/h8,12H,3-6H2,1-2H3. The molecule has 5 heteroatoms. The van der Waals surface area contributed by atoms with Crippen molar-refractivity contribution in [1.29, 1.82) is 0 Å². The summed E-state index contributed by atoms with van der Waals surface area (Å²) in [6, 6.07) is 0.678. The monoisotopic (exact) mass is 289 g/mol. The van der Waals surface area contributed by atoms with Crippen molar-refractivity contribution >= 4 is 27.7 Å². The Hall–Kier alpha value is -0.000000000000000111. The van der Waals surface area contributed by atoms with E-state index in [0.29, 0.717) is 6.04 Å². The summed E-state index contributed by atoms with van der Waals surface area (Å²) in [5, 5.41) is 7.96. The Morgan fingerprint density at radius 2 is 2.47 bits per heavy atom. The van der Waals surface area contributed by atoms with Gasteiger partial charge in [-0.1, -0.05) is 0 Å². The van der Waals surface area contributed by atoms with Crippen LogP contribution in [0.3, 0.4) is 0 Å². The molecule has 0 saturated carbocycles. The predicted molar refractivity (Wildman–Crippen MR) is 68.2 cm³/mol. The Morgan fingerprint density at radius 3 is 3.00 bits per heavy atom. The first-order valence-electron chi connectivity index (χ1n) is 5.17. The molecular weight excluding hydrogens is 274 g/mol. The van der Waals surface area contributed by atoms with Crippen LogP contribution in [0.2, 0.25) is 0 Å². The van der Waals surface area contributed by atoms with Crippen molar-refractivity contribution in [2.24, 2.45) is 7.05 Å². The van der Waals surface area contributed by atoms with E-state index >= 15 is 0 Å². The molecule has 0 spiro atoms. The fourth-order valence-electron chi connectivity index (χ4n) is 1.81. The molecule has 1 N–H and O–H groups in total. The Kier molecular flexibility index (Phi) is 3.74. The molecule has 15 heavy (non-hydrogen) atoms. The lowest BCUT2D eigenvalue weighted by molar-refractivity contribution is 0.535. The van der Waals surface area contributed by atoms with Gasteiger partial charge in [-0.05, 0) is 35.0 Å². The Bertz CT molecular complexity index is 345.